The fourth-order valence-electron chi connectivity index (χ4n) is 5.55. The van der Waals surface area contributed by atoms with E-state index < -0.39 is 0 Å². The average molecular weight is 608 g/mol. The van der Waals surface area contributed by atoms with E-state index in [1.165, 1.54) is 25.9 Å². The van der Waals surface area contributed by atoms with Gasteiger partial charge in [-0.1, -0.05) is 60.1 Å². The van der Waals surface area contributed by atoms with Crippen LogP contribution in [0.3, 0.4) is 0 Å². The molecule has 0 radical (unpaired) electrons. The molecule has 2 N–H and O–H groups in total. The lowest BCUT2D eigenvalue weighted by atomic mass is 9.78. The minimum Gasteiger partial charge on any atom is -0.496 e. The summed E-state index contributed by atoms with van der Waals surface area (Å²) in [6, 6.07) is 15.6. The molecule has 4 aromatic rings. The van der Waals surface area contributed by atoms with Gasteiger partial charge in [-0.2, -0.15) is 0 Å². The first-order valence-electron chi connectivity index (χ1n) is 13.6. The molecule has 1 aliphatic carbocycles. The summed E-state index contributed by atoms with van der Waals surface area (Å²) in [5.41, 5.74) is 3.11. The highest BCUT2D eigenvalue weighted by Gasteiger charge is 2.32. The van der Waals surface area contributed by atoms with E-state index in [2.05, 4.69) is 46.5 Å². The number of nitrogens with zero attached hydrogens (tertiary/aromatic N) is 2. The van der Waals surface area contributed by atoms with E-state index in [-0.39, 0.29) is 18.0 Å². The predicted octanol–water partition coefficient (Wildman–Crippen LogP) is 7.05. The number of carbonyl (C=O) groups is 1. The monoisotopic (exact) mass is 606 g/mol. The minimum absolute atomic E-state index is 0.0895. The van der Waals surface area contributed by atoms with Crippen LogP contribution in [0.25, 0.3) is 22.0 Å². The summed E-state index contributed by atoms with van der Waals surface area (Å²) in [6.45, 7) is 3.61. The largest absolute Gasteiger partial charge is 0.496 e. The maximum atomic E-state index is 12.2. The van der Waals surface area contributed by atoms with Gasteiger partial charge in [0.1, 0.15) is 17.2 Å². The first-order valence-corrected chi connectivity index (χ1v) is 14.3. The van der Waals surface area contributed by atoms with Crippen molar-refractivity contribution in [2.75, 3.05) is 26.6 Å². The molecule has 1 saturated carbocycles. The van der Waals surface area contributed by atoms with E-state index in [9.17, 15) is 4.79 Å². The number of halogens is 2. The molecule has 1 aromatic heterocycles. The fraction of sp³-hybridized carbons (Fsp3) is 0.281. The Labute approximate surface area is 255 Å². The van der Waals surface area contributed by atoms with Crippen molar-refractivity contribution in [3.63, 3.8) is 0 Å². The topological polar surface area (TPSA) is 94.6 Å². The number of methoxy groups -OCH3 is 3. The maximum Gasteiger partial charge on any atom is 0.243 e. The summed E-state index contributed by atoms with van der Waals surface area (Å²) in [7, 11) is 4.63. The zero-order valence-corrected chi connectivity index (χ0v) is 25.1. The number of hydrogen-bond donors (Lipinski definition) is 2. The molecule has 3 unspecified atom stereocenters. The summed E-state index contributed by atoms with van der Waals surface area (Å²) >= 11 is 13.4. The maximum absolute atomic E-state index is 12.2. The summed E-state index contributed by atoms with van der Waals surface area (Å²) < 4.78 is 16.7. The third kappa shape index (κ3) is 5.96. The van der Waals surface area contributed by atoms with Crippen molar-refractivity contribution in [2.24, 2.45) is 0 Å². The number of hydrogen-bond acceptors (Lipinski definition) is 7. The van der Waals surface area contributed by atoms with E-state index in [1.54, 1.807) is 19.4 Å². The molecule has 8 nitrogen and oxygen atoms in total. The summed E-state index contributed by atoms with van der Waals surface area (Å²) in [4.78, 5) is 21.6. The van der Waals surface area contributed by atoms with Crippen molar-refractivity contribution in [3.8, 4) is 28.4 Å². The van der Waals surface area contributed by atoms with E-state index >= 15 is 0 Å². The van der Waals surface area contributed by atoms with Crippen LogP contribution in [0.2, 0.25) is 10.0 Å². The van der Waals surface area contributed by atoms with Crippen LogP contribution >= 0.6 is 23.2 Å². The zero-order chi connectivity index (χ0) is 29.8. The molecule has 5 rings (SSSR count). The Bertz CT molecular complexity index is 1590. The number of fused-ring (bicyclic) bond motifs is 1. The Morgan fingerprint density at radius 2 is 1.64 bits per heavy atom. The van der Waals surface area contributed by atoms with Crippen LogP contribution in [0.15, 0.2) is 67.4 Å². The average Bonchev–Trinajstić information content (AvgIpc) is 3.02. The molecule has 218 valence electrons. The van der Waals surface area contributed by atoms with Crippen LogP contribution in [-0.4, -0.2) is 49.3 Å². The zero-order valence-electron chi connectivity index (χ0n) is 23.6. The number of aromatic nitrogens is 2. The van der Waals surface area contributed by atoms with E-state index in [1.807, 2.05) is 18.2 Å². The van der Waals surface area contributed by atoms with Gasteiger partial charge in [-0.25, -0.2) is 9.97 Å². The highest BCUT2D eigenvalue weighted by Crippen LogP contribution is 2.49. The third-order valence-electron chi connectivity index (χ3n) is 7.69. The summed E-state index contributed by atoms with van der Waals surface area (Å²) in [5.74, 6) is 1.96. The van der Waals surface area contributed by atoms with Gasteiger partial charge in [-0.05, 0) is 42.9 Å². The Hall–Kier alpha value is -4.01. The van der Waals surface area contributed by atoms with Crippen molar-refractivity contribution in [3.05, 3.63) is 83.0 Å². The Kier molecular flexibility index (Phi) is 9.04. The second kappa shape index (κ2) is 12.9. The van der Waals surface area contributed by atoms with Crippen LogP contribution in [0.1, 0.15) is 30.7 Å². The van der Waals surface area contributed by atoms with Gasteiger partial charge < -0.3 is 24.8 Å². The molecule has 10 heteroatoms. The number of nitrogens with one attached hydrogen (secondary N) is 2. The van der Waals surface area contributed by atoms with Gasteiger partial charge in [0.2, 0.25) is 11.9 Å². The number of amides is 1. The Morgan fingerprint density at radius 1 is 0.952 bits per heavy atom. The molecular weight excluding hydrogens is 575 g/mol. The molecule has 0 bridgehead atoms. The van der Waals surface area contributed by atoms with Gasteiger partial charge in [-0.15, -0.1) is 0 Å². The second-order valence-corrected chi connectivity index (χ2v) is 10.8. The van der Waals surface area contributed by atoms with Gasteiger partial charge in [0.25, 0.3) is 0 Å². The number of carbonyl (C=O) groups excluding carboxylic acids is 1. The van der Waals surface area contributed by atoms with Crippen molar-refractivity contribution in [1.29, 1.82) is 0 Å². The summed E-state index contributed by atoms with van der Waals surface area (Å²) in [6.07, 6.45) is 5.62. The van der Waals surface area contributed by atoms with Crippen LogP contribution < -0.4 is 24.8 Å². The Balaban J connectivity index is 1.50. The van der Waals surface area contributed by atoms with Crippen molar-refractivity contribution in [2.45, 2.75) is 37.3 Å². The van der Waals surface area contributed by atoms with Gasteiger partial charge in [0.15, 0.2) is 0 Å². The van der Waals surface area contributed by atoms with Gasteiger partial charge >= 0.3 is 0 Å². The lowest BCUT2D eigenvalue weighted by molar-refractivity contribution is -0.117. The molecule has 1 heterocycles. The van der Waals surface area contributed by atoms with Gasteiger partial charge in [0, 0.05) is 46.9 Å². The minimum atomic E-state index is -0.201. The van der Waals surface area contributed by atoms with Crippen molar-refractivity contribution >= 4 is 46.0 Å². The predicted molar refractivity (Wildman–Crippen MR) is 167 cm³/mol. The van der Waals surface area contributed by atoms with Crippen LogP contribution in [0.5, 0.6) is 17.2 Å². The molecule has 1 amide bonds. The second-order valence-electron chi connectivity index (χ2n) is 10.1. The van der Waals surface area contributed by atoms with Crippen molar-refractivity contribution in [1.82, 2.24) is 15.3 Å². The highest BCUT2D eigenvalue weighted by atomic mass is 35.5. The highest BCUT2D eigenvalue weighted by molar-refractivity contribution is 6.41. The molecule has 42 heavy (non-hydrogen) atoms. The first-order chi connectivity index (χ1) is 20.4. The SMILES string of the molecule is C=CC(=O)NC1CCC(c2ccccc2)CC1Nc1ncc2cc(-c3c(Cl)c(OC)cc(OC)c3Cl)c(OC)cc2n1. The van der Waals surface area contributed by atoms with E-state index in [0.29, 0.717) is 55.8 Å². The van der Waals surface area contributed by atoms with Crippen LogP contribution in [-0.2, 0) is 4.79 Å². The van der Waals surface area contributed by atoms with Gasteiger partial charge in [-0.3, -0.25) is 4.79 Å². The number of rotatable bonds is 9. The lowest BCUT2D eigenvalue weighted by Crippen LogP contribution is -2.49. The lowest BCUT2D eigenvalue weighted by Gasteiger charge is -2.37. The van der Waals surface area contributed by atoms with Gasteiger partial charge in [0.05, 0.1) is 36.9 Å². The number of benzene rings is 3. The molecule has 0 aliphatic heterocycles. The molecule has 3 atom stereocenters. The van der Waals surface area contributed by atoms with Crippen molar-refractivity contribution < 1.29 is 19.0 Å². The molecular formula is C32H32Cl2N4O4. The first kappa shape index (κ1) is 29.5. The number of anilines is 1. The molecule has 0 spiro atoms. The number of ether oxygens (including phenoxy) is 3. The summed E-state index contributed by atoms with van der Waals surface area (Å²) in [5, 5.41) is 8.00. The molecule has 0 saturated heterocycles. The standard InChI is InChI=1S/C32H32Cl2N4O4/c1-5-28(39)36-22-12-11-19(18-9-7-6-8-10-18)14-24(22)38-32-35-17-20-13-21(25(40-2)15-23(20)37-32)29-30(33)26(41-3)16-27(42-4)31(29)34/h5-10,13,15-17,19,22,24H,1,11-12,14H2,2-4H3,(H,36,39)(H,35,37,38). The van der Waals surface area contributed by atoms with Crippen LogP contribution in [0.4, 0.5) is 5.95 Å². The normalized spacial score (nSPS) is 18.3. The quantitative estimate of drug-likeness (QED) is 0.197. The van der Waals surface area contributed by atoms with E-state index in [4.69, 9.17) is 42.4 Å². The molecule has 1 aliphatic rings. The van der Waals surface area contributed by atoms with Crippen LogP contribution in [0, 0.1) is 0 Å². The third-order valence-corrected chi connectivity index (χ3v) is 8.44. The van der Waals surface area contributed by atoms with E-state index in [0.717, 1.165) is 24.6 Å². The molecule has 3 aromatic carbocycles. The smallest absolute Gasteiger partial charge is 0.243 e. The molecule has 1 fully saturated rings. The fourth-order valence-corrected chi connectivity index (χ4v) is 6.26. The Morgan fingerprint density at radius 3 is 2.29 bits per heavy atom.